The van der Waals surface area contributed by atoms with Crippen molar-refractivity contribution in [1.29, 1.82) is 0 Å². The van der Waals surface area contributed by atoms with Crippen LogP contribution in [0.4, 0.5) is 0 Å². The van der Waals surface area contributed by atoms with Crippen molar-refractivity contribution in [3.8, 4) is 47.9 Å². The zero-order chi connectivity index (χ0) is 29.1. The maximum Gasteiger partial charge on any atom is 1.00 e. The number of ether oxygens (including phenoxy) is 2. The first-order valence-electron chi connectivity index (χ1n) is 12.3. The SMILES string of the molecule is C#CC#CC#CC#CC(=O)OC[C@H](COP(=O)([O-])[O-])OC(=O)CCCCCCCCCCCC.CC(N)=O.[HH].[HH].[HH].[HH].[HH].[HH].[HH].[Na+].[Na+]. The van der Waals surface area contributed by atoms with E-state index in [1.165, 1.54) is 45.4 Å². The number of terminal acetylenes is 1. The minimum Gasteiger partial charge on any atom is -0.790 e. The Hall–Kier alpha value is -1.24. The van der Waals surface area contributed by atoms with E-state index in [0.29, 0.717) is 6.42 Å². The predicted octanol–water partition coefficient (Wildman–Crippen LogP) is -2.54. The summed E-state index contributed by atoms with van der Waals surface area (Å²) in [6, 6.07) is 0. The number of amides is 1. The molecule has 0 aliphatic rings. The molecule has 0 fully saturated rings. The van der Waals surface area contributed by atoms with Gasteiger partial charge in [0, 0.05) is 29.3 Å². The fourth-order valence-corrected chi connectivity index (χ4v) is 3.06. The molecule has 0 aliphatic carbocycles. The average molecular weight is 610 g/mol. The van der Waals surface area contributed by atoms with E-state index in [1.807, 2.05) is 11.8 Å². The first kappa shape index (κ1) is 45.7. The largest absolute Gasteiger partial charge is 1.00 e. The van der Waals surface area contributed by atoms with Gasteiger partial charge in [-0.25, -0.2) is 4.79 Å². The molecule has 0 unspecified atom stereocenters. The molecule has 0 heterocycles. The van der Waals surface area contributed by atoms with Crippen LogP contribution < -0.4 is 74.6 Å². The van der Waals surface area contributed by atoms with E-state index in [0.717, 1.165) is 19.3 Å². The Kier molecular flexibility index (Phi) is 36.9. The summed E-state index contributed by atoms with van der Waals surface area (Å²) in [7, 11) is -5.29. The molecule has 0 spiro atoms. The molecule has 0 radical (unpaired) electrons. The second-order valence-corrected chi connectivity index (χ2v) is 9.04. The third-order valence-corrected chi connectivity index (χ3v) is 4.80. The Labute approximate surface area is 293 Å². The molecule has 1 atom stereocenters. The van der Waals surface area contributed by atoms with Gasteiger partial charge in [0.25, 0.3) is 0 Å². The summed E-state index contributed by atoms with van der Waals surface area (Å²) in [6.07, 6.45) is 14.8. The smallest absolute Gasteiger partial charge is 0.790 e. The number of primary amides is 1. The average Bonchev–Trinajstić information content (AvgIpc) is 2.83. The van der Waals surface area contributed by atoms with E-state index < -0.39 is 39.1 Å². The van der Waals surface area contributed by atoms with Gasteiger partial charge in [-0.3, -0.25) is 9.59 Å². The molecule has 0 aliphatic heterocycles. The van der Waals surface area contributed by atoms with Crippen LogP contribution in [0.3, 0.4) is 0 Å². The summed E-state index contributed by atoms with van der Waals surface area (Å²) < 4.78 is 24.8. The monoisotopic (exact) mass is 609 g/mol. The van der Waals surface area contributed by atoms with Crippen LogP contribution >= 0.6 is 7.82 Å². The molecule has 0 saturated carbocycles. The van der Waals surface area contributed by atoms with Crippen LogP contribution in [0.15, 0.2) is 0 Å². The molecule has 13 heteroatoms. The third-order valence-electron chi connectivity index (χ3n) is 4.34. The number of nitrogens with two attached hydrogens (primary N) is 1. The number of carbonyl (C=O) groups is 3. The molecular formula is C27H50NNa2O9P. The quantitative estimate of drug-likeness (QED) is 0.0467. The van der Waals surface area contributed by atoms with E-state index >= 15 is 0 Å². The van der Waals surface area contributed by atoms with Gasteiger partial charge < -0.3 is 34.1 Å². The summed E-state index contributed by atoms with van der Waals surface area (Å²) in [5.74, 6) is 13.4. The number of phosphoric acid groups is 1. The third kappa shape index (κ3) is 41.2. The van der Waals surface area contributed by atoms with Gasteiger partial charge in [0.2, 0.25) is 5.91 Å². The number of hydrogen-bond acceptors (Lipinski definition) is 9. The second kappa shape index (κ2) is 32.3. The van der Waals surface area contributed by atoms with Crippen LogP contribution in [0.2, 0.25) is 0 Å². The second-order valence-electron chi connectivity index (χ2n) is 7.89. The van der Waals surface area contributed by atoms with Gasteiger partial charge in [0.15, 0.2) is 6.10 Å². The van der Waals surface area contributed by atoms with Crippen molar-refractivity contribution >= 4 is 25.7 Å². The van der Waals surface area contributed by atoms with Gasteiger partial charge in [0.1, 0.15) is 6.61 Å². The van der Waals surface area contributed by atoms with Gasteiger partial charge in [0.05, 0.1) is 14.4 Å². The molecule has 0 saturated heterocycles. The molecule has 0 rings (SSSR count). The van der Waals surface area contributed by atoms with Crippen LogP contribution in [0.5, 0.6) is 0 Å². The summed E-state index contributed by atoms with van der Waals surface area (Å²) in [5, 5.41) is 0. The Morgan fingerprint density at radius 3 is 1.85 bits per heavy atom. The molecular weight excluding hydrogens is 559 g/mol. The predicted molar refractivity (Wildman–Crippen MR) is 153 cm³/mol. The normalized spacial score (nSPS) is 9.78. The van der Waals surface area contributed by atoms with Crippen molar-refractivity contribution in [3.05, 3.63) is 0 Å². The standard InChI is InChI=1S/C25H33O8P.C2H5NO.2Na.7H2/c1-3-5-7-9-11-12-13-14-16-18-20-25(27)33-23(22-32-34(28,29)30)21-31-24(26)19-17-15-10-8-6-4-2;1-2(3)4;;;;;;;;;/h2,23H,3,5,7,9,11-14,16,18,20-22H2,1H3,(H2,28,29,30);1H3,(H2,3,4);;;7*1H/q;;2*+1;;;;;;;/p-2/t23-;;;;;;;;;;/m1........../s1. The number of carbonyl (C=O) groups excluding carboxylic acids is 3. The number of hydrogen-bond donors (Lipinski definition) is 1. The maximum absolute atomic E-state index is 12.0. The Balaban J connectivity index is -0.000000104. The number of unbranched alkanes of at least 4 members (excludes halogenated alkanes) is 9. The molecule has 0 aromatic carbocycles. The Morgan fingerprint density at radius 2 is 1.35 bits per heavy atom. The molecule has 0 aromatic rings. The number of phosphoric ester groups is 1. The molecule has 1 amide bonds. The van der Waals surface area contributed by atoms with Crippen LogP contribution in [-0.2, 0) is 32.9 Å². The first-order chi connectivity index (χ1) is 18.0. The first-order valence-corrected chi connectivity index (χ1v) is 13.7. The fraction of sp³-hybridized carbons (Fsp3) is 0.593. The van der Waals surface area contributed by atoms with Gasteiger partial charge in [-0.2, -0.15) is 0 Å². The van der Waals surface area contributed by atoms with Crippen molar-refractivity contribution in [2.75, 3.05) is 13.2 Å². The number of esters is 2. The molecule has 0 bridgehead atoms. The van der Waals surface area contributed by atoms with Crippen molar-refractivity contribution in [2.24, 2.45) is 5.73 Å². The van der Waals surface area contributed by atoms with Crippen molar-refractivity contribution in [1.82, 2.24) is 0 Å². The molecule has 2 N–H and O–H groups in total. The topological polar surface area (TPSA) is 168 Å². The molecule has 0 aromatic heterocycles. The van der Waals surface area contributed by atoms with Crippen molar-refractivity contribution in [2.45, 2.75) is 90.6 Å². The van der Waals surface area contributed by atoms with Crippen LogP contribution in [0.25, 0.3) is 0 Å². The summed E-state index contributed by atoms with van der Waals surface area (Å²) in [4.78, 5) is 54.3. The zero-order valence-electron chi connectivity index (χ0n) is 24.0. The van der Waals surface area contributed by atoms with Gasteiger partial charge in [-0.05, 0) is 41.9 Å². The van der Waals surface area contributed by atoms with E-state index in [2.05, 4.69) is 46.8 Å². The summed E-state index contributed by atoms with van der Waals surface area (Å²) in [6.45, 7) is 2.18. The van der Waals surface area contributed by atoms with Crippen LogP contribution in [-0.4, -0.2) is 37.2 Å². The van der Waals surface area contributed by atoms with Crippen molar-refractivity contribution in [3.63, 3.8) is 0 Å². The van der Waals surface area contributed by atoms with Crippen LogP contribution in [0, 0.1) is 47.9 Å². The van der Waals surface area contributed by atoms with Gasteiger partial charge >= 0.3 is 71.1 Å². The Bertz CT molecular complexity index is 1010. The molecule has 224 valence electrons. The Morgan fingerprint density at radius 1 is 0.875 bits per heavy atom. The van der Waals surface area contributed by atoms with E-state index in [9.17, 15) is 28.7 Å². The van der Waals surface area contributed by atoms with E-state index in [1.54, 1.807) is 0 Å². The van der Waals surface area contributed by atoms with Crippen LogP contribution in [0.1, 0.15) is 94.5 Å². The summed E-state index contributed by atoms with van der Waals surface area (Å²) in [5.41, 5.74) is 4.47. The maximum atomic E-state index is 12.0. The van der Waals surface area contributed by atoms with Crippen molar-refractivity contribution < 1.29 is 112 Å². The zero-order valence-corrected chi connectivity index (χ0v) is 28.9. The van der Waals surface area contributed by atoms with E-state index in [4.69, 9.17) is 15.9 Å². The van der Waals surface area contributed by atoms with Gasteiger partial charge in [-0.1, -0.05) is 64.7 Å². The fourth-order valence-electron chi connectivity index (χ4n) is 2.71. The van der Waals surface area contributed by atoms with E-state index in [-0.39, 0.29) is 81.4 Å². The number of rotatable bonds is 17. The summed E-state index contributed by atoms with van der Waals surface area (Å²) >= 11 is 0. The minimum atomic E-state index is -5.29. The minimum absolute atomic E-state index is 0. The molecule has 10 nitrogen and oxygen atoms in total. The molecule has 40 heavy (non-hydrogen) atoms. The van der Waals surface area contributed by atoms with Gasteiger partial charge in [-0.15, -0.1) is 6.42 Å².